The van der Waals surface area contributed by atoms with Crippen LogP contribution in [-0.2, 0) is 6.42 Å². The molecule has 100 valence electrons. The van der Waals surface area contributed by atoms with E-state index >= 15 is 0 Å². The minimum absolute atomic E-state index is 0.941. The van der Waals surface area contributed by atoms with Gasteiger partial charge in [-0.25, -0.2) is 9.97 Å². The molecule has 2 rings (SSSR count). The molecule has 0 bridgehead atoms. The molecular formula is C16H21N3. The highest BCUT2D eigenvalue weighted by Crippen LogP contribution is 2.27. The number of anilines is 1. The van der Waals surface area contributed by atoms with E-state index in [1.165, 1.54) is 5.56 Å². The van der Waals surface area contributed by atoms with Crippen molar-refractivity contribution < 1.29 is 0 Å². The highest BCUT2D eigenvalue weighted by molar-refractivity contribution is 5.68. The Morgan fingerprint density at radius 1 is 0.947 bits per heavy atom. The summed E-state index contributed by atoms with van der Waals surface area (Å²) in [5.41, 5.74) is 3.45. The highest BCUT2D eigenvalue weighted by Gasteiger charge is 2.14. The molecule has 0 saturated carbocycles. The molecule has 19 heavy (non-hydrogen) atoms. The quantitative estimate of drug-likeness (QED) is 0.818. The van der Waals surface area contributed by atoms with Crippen LogP contribution in [0.2, 0.25) is 0 Å². The molecule has 0 aliphatic rings. The molecule has 1 aromatic heterocycles. The van der Waals surface area contributed by atoms with Crippen molar-refractivity contribution in [3.8, 4) is 11.3 Å². The summed E-state index contributed by atoms with van der Waals surface area (Å²) in [6, 6.07) is 10.3. The summed E-state index contributed by atoms with van der Waals surface area (Å²) in [4.78, 5) is 11.3. The fraction of sp³-hybridized carbons (Fsp3) is 0.375. The van der Waals surface area contributed by atoms with Crippen molar-refractivity contribution in [2.45, 2.75) is 27.2 Å². The molecule has 0 aliphatic carbocycles. The predicted molar refractivity (Wildman–Crippen MR) is 80.4 cm³/mol. The van der Waals surface area contributed by atoms with Crippen LogP contribution in [0.4, 0.5) is 5.82 Å². The largest absolute Gasteiger partial charge is 0.357 e. The van der Waals surface area contributed by atoms with Gasteiger partial charge in [0.25, 0.3) is 0 Å². The summed E-state index contributed by atoms with van der Waals surface area (Å²) in [7, 11) is 0. The Bertz CT molecular complexity index is 519. The zero-order valence-electron chi connectivity index (χ0n) is 11.9. The van der Waals surface area contributed by atoms with Crippen LogP contribution in [0.5, 0.6) is 0 Å². The lowest BCUT2D eigenvalue weighted by molar-refractivity contribution is 0.828. The molecular weight excluding hydrogens is 234 g/mol. The average Bonchev–Trinajstić information content (AvgIpc) is 2.49. The Morgan fingerprint density at radius 3 is 2.21 bits per heavy atom. The van der Waals surface area contributed by atoms with Crippen molar-refractivity contribution >= 4 is 5.82 Å². The van der Waals surface area contributed by atoms with E-state index in [2.05, 4.69) is 47.8 Å². The molecule has 1 aromatic carbocycles. The molecule has 0 radical (unpaired) electrons. The first-order chi connectivity index (χ1) is 9.31. The third-order valence-corrected chi connectivity index (χ3v) is 3.39. The maximum Gasteiger partial charge on any atom is 0.135 e. The minimum Gasteiger partial charge on any atom is -0.357 e. The van der Waals surface area contributed by atoms with Crippen LogP contribution in [0.3, 0.4) is 0 Å². The molecule has 0 fully saturated rings. The number of rotatable bonds is 5. The van der Waals surface area contributed by atoms with E-state index in [1.807, 2.05) is 18.2 Å². The Hall–Kier alpha value is -1.90. The standard InChI is InChI=1S/C16H21N3/c1-4-14-15(13-10-8-7-9-11-13)17-12-18-16(14)19(5-2)6-3/h7-12H,4-6H2,1-3H3. The fourth-order valence-corrected chi connectivity index (χ4v) is 2.37. The second kappa shape index (κ2) is 6.32. The number of hydrogen-bond acceptors (Lipinski definition) is 3. The van der Waals surface area contributed by atoms with Crippen molar-refractivity contribution in [2.24, 2.45) is 0 Å². The first-order valence-electron chi connectivity index (χ1n) is 6.96. The molecule has 0 aliphatic heterocycles. The van der Waals surface area contributed by atoms with Gasteiger partial charge in [0, 0.05) is 24.2 Å². The summed E-state index contributed by atoms with van der Waals surface area (Å²) in [6.07, 6.45) is 2.62. The zero-order valence-corrected chi connectivity index (χ0v) is 11.9. The molecule has 0 spiro atoms. The van der Waals surface area contributed by atoms with E-state index in [1.54, 1.807) is 6.33 Å². The van der Waals surface area contributed by atoms with Gasteiger partial charge in [0.2, 0.25) is 0 Å². The average molecular weight is 255 g/mol. The van der Waals surface area contributed by atoms with Crippen LogP contribution in [0.1, 0.15) is 26.3 Å². The summed E-state index contributed by atoms with van der Waals surface area (Å²) in [5.74, 6) is 1.07. The van der Waals surface area contributed by atoms with Gasteiger partial charge in [-0.3, -0.25) is 0 Å². The van der Waals surface area contributed by atoms with Gasteiger partial charge >= 0.3 is 0 Å². The van der Waals surface area contributed by atoms with Gasteiger partial charge in [-0.1, -0.05) is 37.3 Å². The second-order valence-corrected chi connectivity index (χ2v) is 4.42. The fourth-order valence-electron chi connectivity index (χ4n) is 2.37. The topological polar surface area (TPSA) is 29.0 Å². The highest BCUT2D eigenvalue weighted by atomic mass is 15.2. The van der Waals surface area contributed by atoms with Crippen LogP contribution in [0.15, 0.2) is 36.7 Å². The summed E-state index contributed by atoms with van der Waals surface area (Å²) < 4.78 is 0. The Morgan fingerprint density at radius 2 is 1.63 bits per heavy atom. The van der Waals surface area contributed by atoms with Crippen molar-refractivity contribution in [3.63, 3.8) is 0 Å². The molecule has 2 aromatic rings. The number of aromatic nitrogens is 2. The first kappa shape index (κ1) is 13.5. The van der Waals surface area contributed by atoms with E-state index < -0.39 is 0 Å². The van der Waals surface area contributed by atoms with Crippen LogP contribution < -0.4 is 4.90 Å². The maximum atomic E-state index is 4.49. The van der Waals surface area contributed by atoms with E-state index in [9.17, 15) is 0 Å². The van der Waals surface area contributed by atoms with Gasteiger partial charge in [-0.2, -0.15) is 0 Å². The maximum absolute atomic E-state index is 4.49. The Kier molecular flexibility index (Phi) is 4.50. The summed E-state index contributed by atoms with van der Waals surface area (Å²) >= 11 is 0. The molecule has 0 N–H and O–H groups in total. The lowest BCUT2D eigenvalue weighted by Crippen LogP contribution is -2.24. The number of benzene rings is 1. The molecule has 0 unspecified atom stereocenters. The van der Waals surface area contributed by atoms with Crippen LogP contribution in [0.25, 0.3) is 11.3 Å². The normalized spacial score (nSPS) is 10.5. The number of nitrogens with zero attached hydrogens (tertiary/aromatic N) is 3. The first-order valence-corrected chi connectivity index (χ1v) is 6.96. The van der Waals surface area contributed by atoms with Gasteiger partial charge < -0.3 is 4.90 Å². The van der Waals surface area contributed by atoms with Gasteiger partial charge in [0.15, 0.2) is 0 Å². The molecule has 0 atom stereocenters. The van der Waals surface area contributed by atoms with Gasteiger partial charge in [0.05, 0.1) is 5.69 Å². The lowest BCUT2D eigenvalue weighted by Gasteiger charge is -2.23. The number of hydrogen-bond donors (Lipinski definition) is 0. The minimum atomic E-state index is 0.941. The van der Waals surface area contributed by atoms with Crippen molar-refractivity contribution in [2.75, 3.05) is 18.0 Å². The molecule has 3 heteroatoms. The molecule has 1 heterocycles. The smallest absolute Gasteiger partial charge is 0.135 e. The molecule has 0 saturated heterocycles. The van der Waals surface area contributed by atoms with E-state index in [-0.39, 0.29) is 0 Å². The van der Waals surface area contributed by atoms with Gasteiger partial charge in [-0.05, 0) is 20.3 Å². The third kappa shape index (κ3) is 2.75. The monoisotopic (exact) mass is 255 g/mol. The van der Waals surface area contributed by atoms with E-state index in [0.29, 0.717) is 0 Å². The van der Waals surface area contributed by atoms with Crippen molar-refractivity contribution in [3.05, 3.63) is 42.2 Å². The van der Waals surface area contributed by atoms with Crippen molar-refractivity contribution in [1.29, 1.82) is 0 Å². The Balaban J connectivity index is 2.54. The zero-order chi connectivity index (χ0) is 13.7. The second-order valence-electron chi connectivity index (χ2n) is 4.42. The molecule has 3 nitrogen and oxygen atoms in total. The van der Waals surface area contributed by atoms with Gasteiger partial charge in [0.1, 0.15) is 12.1 Å². The van der Waals surface area contributed by atoms with Crippen LogP contribution in [0, 0.1) is 0 Å². The third-order valence-electron chi connectivity index (χ3n) is 3.39. The van der Waals surface area contributed by atoms with Crippen LogP contribution in [-0.4, -0.2) is 23.1 Å². The van der Waals surface area contributed by atoms with Crippen LogP contribution >= 0.6 is 0 Å². The summed E-state index contributed by atoms with van der Waals surface area (Å²) in [5, 5.41) is 0. The van der Waals surface area contributed by atoms with Gasteiger partial charge in [-0.15, -0.1) is 0 Å². The SMILES string of the molecule is CCc1c(-c2ccccc2)ncnc1N(CC)CC. The van der Waals surface area contributed by atoms with E-state index in [4.69, 9.17) is 0 Å². The molecule has 0 amide bonds. The van der Waals surface area contributed by atoms with Crippen molar-refractivity contribution in [1.82, 2.24) is 9.97 Å². The Labute approximate surface area is 115 Å². The lowest BCUT2D eigenvalue weighted by atomic mass is 10.0. The van der Waals surface area contributed by atoms with E-state index in [0.717, 1.165) is 36.6 Å². The predicted octanol–water partition coefficient (Wildman–Crippen LogP) is 3.55. The summed E-state index contributed by atoms with van der Waals surface area (Å²) in [6.45, 7) is 8.42.